The first-order valence-electron chi connectivity index (χ1n) is 10.8. The molecule has 0 saturated heterocycles. The van der Waals surface area contributed by atoms with Crippen LogP contribution < -0.4 is 24.4 Å². The number of phenolic OH excluding ortho intramolecular Hbond substituents is 1. The Kier molecular flexibility index (Phi) is 7.44. The minimum absolute atomic E-state index is 0.0603. The Bertz CT molecular complexity index is 1570. The minimum atomic E-state index is -0.834. The predicted molar refractivity (Wildman–Crippen MR) is 138 cm³/mol. The Balaban J connectivity index is 2.00. The molecule has 0 spiro atoms. The summed E-state index contributed by atoms with van der Waals surface area (Å²) in [6.07, 6.45) is 1.49. The van der Waals surface area contributed by atoms with Gasteiger partial charge in [-0.05, 0) is 49.8 Å². The molecule has 36 heavy (non-hydrogen) atoms. The van der Waals surface area contributed by atoms with Crippen LogP contribution in [0.25, 0.3) is 6.08 Å². The molecule has 0 bridgehead atoms. The predicted octanol–water partition coefficient (Wildman–Crippen LogP) is 3.83. The van der Waals surface area contributed by atoms with Gasteiger partial charge in [-0.15, -0.1) is 0 Å². The van der Waals surface area contributed by atoms with Crippen molar-refractivity contribution >= 4 is 46.6 Å². The number of benzene rings is 2. The molecule has 2 heterocycles. The van der Waals surface area contributed by atoms with Crippen LogP contribution in [0, 0.1) is 0 Å². The highest BCUT2D eigenvalue weighted by atomic mass is 35.5. The highest BCUT2D eigenvalue weighted by Crippen LogP contribution is 2.36. The van der Waals surface area contributed by atoms with Gasteiger partial charge in [0.2, 0.25) is 0 Å². The second-order valence-corrected chi connectivity index (χ2v) is 9.59. The molecule has 0 fully saturated rings. The first-order chi connectivity index (χ1) is 17.2. The van der Waals surface area contributed by atoms with Gasteiger partial charge in [0.15, 0.2) is 16.3 Å². The lowest BCUT2D eigenvalue weighted by Crippen LogP contribution is -2.40. The lowest BCUT2D eigenvalue weighted by atomic mass is 9.95. The molecule has 8 nitrogen and oxygen atoms in total. The largest absolute Gasteiger partial charge is 0.506 e. The number of rotatable bonds is 6. The fourth-order valence-corrected chi connectivity index (χ4v) is 5.51. The molecule has 1 aromatic heterocycles. The van der Waals surface area contributed by atoms with Crippen LogP contribution in [0.15, 0.2) is 51.4 Å². The first kappa shape index (κ1) is 25.8. The van der Waals surface area contributed by atoms with Crippen molar-refractivity contribution in [2.45, 2.75) is 19.9 Å². The lowest BCUT2D eigenvalue weighted by molar-refractivity contribution is -0.139. The lowest BCUT2D eigenvalue weighted by Gasteiger charge is -2.25. The van der Waals surface area contributed by atoms with Crippen molar-refractivity contribution in [2.75, 3.05) is 20.8 Å². The highest BCUT2D eigenvalue weighted by molar-refractivity contribution is 7.07. The summed E-state index contributed by atoms with van der Waals surface area (Å²) in [7, 11) is 3.02. The van der Waals surface area contributed by atoms with Crippen LogP contribution in [-0.2, 0) is 9.53 Å². The number of esters is 1. The fourth-order valence-electron chi connectivity index (χ4n) is 3.97. The van der Waals surface area contributed by atoms with E-state index in [1.165, 1.54) is 37.0 Å². The van der Waals surface area contributed by atoms with Crippen molar-refractivity contribution in [1.29, 1.82) is 0 Å². The molecule has 2 aromatic carbocycles. The maximum absolute atomic E-state index is 13.7. The van der Waals surface area contributed by atoms with Crippen LogP contribution in [0.4, 0.5) is 0 Å². The Hall–Kier alpha value is -3.27. The molecule has 1 atom stereocenters. The molecule has 11 heteroatoms. The summed E-state index contributed by atoms with van der Waals surface area (Å²) in [5, 5.41) is 10.8. The fraction of sp³-hybridized carbons (Fsp3) is 0.240. The number of methoxy groups -OCH3 is 2. The summed E-state index contributed by atoms with van der Waals surface area (Å²) in [4.78, 5) is 31.6. The zero-order valence-electron chi connectivity index (χ0n) is 19.8. The van der Waals surface area contributed by atoms with E-state index in [2.05, 4.69) is 4.99 Å². The number of thiazole rings is 1. The quantitative estimate of drug-likeness (QED) is 0.470. The Morgan fingerprint density at radius 3 is 2.58 bits per heavy atom. The second-order valence-electron chi connectivity index (χ2n) is 7.74. The number of phenols is 1. The van der Waals surface area contributed by atoms with E-state index in [-0.39, 0.29) is 33.0 Å². The molecule has 3 aromatic rings. The van der Waals surface area contributed by atoms with Gasteiger partial charge in [-0.2, -0.15) is 0 Å². The molecule has 1 N–H and O–H groups in total. The van der Waals surface area contributed by atoms with Crippen molar-refractivity contribution in [2.24, 2.45) is 4.99 Å². The maximum atomic E-state index is 13.7. The van der Waals surface area contributed by atoms with Crippen LogP contribution in [0.1, 0.15) is 31.0 Å². The van der Waals surface area contributed by atoms with Crippen molar-refractivity contribution in [3.8, 4) is 17.2 Å². The van der Waals surface area contributed by atoms with E-state index in [0.29, 0.717) is 32.6 Å². The van der Waals surface area contributed by atoms with Crippen LogP contribution in [-0.4, -0.2) is 36.5 Å². The van der Waals surface area contributed by atoms with Crippen LogP contribution in [0.5, 0.6) is 17.2 Å². The third kappa shape index (κ3) is 4.61. The molecule has 1 aliphatic rings. The SMILES string of the molecule is CCOC(=O)C1=C(C)N=c2sc(=Cc3cc(Cl)cc(Cl)c3O)c(=O)n2C1c1ccc(OC)c(OC)c1. The van der Waals surface area contributed by atoms with Crippen LogP contribution in [0.3, 0.4) is 0 Å². The number of aromatic nitrogens is 1. The van der Waals surface area contributed by atoms with Crippen LogP contribution in [0.2, 0.25) is 10.0 Å². The summed E-state index contributed by atoms with van der Waals surface area (Å²) < 4.78 is 17.8. The van der Waals surface area contributed by atoms with Gasteiger partial charge in [-0.3, -0.25) is 9.36 Å². The third-order valence-corrected chi connectivity index (χ3v) is 7.07. The number of aromatic hydroxyl groups is 1. The molecule has 0 amide bonds. The van der Waals surface area contributed by atoms with Gasteiger partial charge in [0, 0.05) is 10.6 Å². The van der Waals surface area contributed by atoms with Crippen molar-refractivity contribution < 1.29 is 24.1 Å². The smallest absolute Gasteiger partial charge is 0.338 e. The van der Waals surface area contributed by atoms with Crippen molar-refractivity contribution in [1.82, 2.24) is 4.57 Å². The zero-order valence-corrected chi connectivity index (χ0v) is 22.1. The number of ether oxygens (including phenoxy) is 3. The molecule has 0 aliphatic carbocycles. The number of nitrogens with zero attached hydrogens (tertiary/aromatic N) is 2. The topological polar surface area (TPSA) is 99.4 Å². The van der Waals surface area contributed by atoms with E-state index in [1.807, 2.05) is 0 Å². The van der Waals surface area contributed by atoms with Gasteiger partial charge < -0.3 is 19.3 Å². The molecule has 1 aliphatic heterocycles. The summed E-state index contributed by atoms with van der Waals surface area (Å²) in [5.74, 6) is 0.160. The van der Waals surface area contributed by atoms with Gasteiger partial charge in [-0.25, -0.2) is 9.79 Å². The average Bonchev–Trinajstić information content (AvgIpc) is 3.15. The minimum Gasteiger partial charge on any atom is -0.506 e. The number of hydrogen-bond donors (Lipinski definition) is 1. The van der Waals surface area contributed by atoms with E-state index in [9.17, 15) is 14.7 Å². The van der Waals surface area contributed by atoms with Crippen molar-refractivity contribution in [3.05, 3.63) is 82.5 Å². The number of carbonyl (C=O) groups is 1. The monoisotopic (exact) mass is 548 g/mol. The molecular weight excluding hydrogens is 527 g/mol. The number of allylic oxidation sites excluding steroid dienone is 1. The van der Waals surface area contributed by atoms with E-state index in [1.54, 1.807) is 32.0 Å². The Labute approximate surface area is 220 Å². The number of carbonyl (C=O) groups excluding carboxylic acids is 1. The van der Waals surface area contributed by atoms with E-state index >= 15 is 0 Å². The third-order valence-electron chi connectivity index (χ3n) is 5.58. The first-order valence-corrected chi connectivity index (χ1v) is 12.4. The molecule has 0 saturated carbocycles. The molecule has 188 valence electrons. The van der Waals surface area contributed by atoms with Gasteiger partial charge in [-0.1, -0.05) is 40.6 Å². The van der Waals surface area contributed by atoms with Gasteiger partial charge in [0.05, 0.1) is 47.7 Å². The standard InChI is InChI=1S/C25H22Cl2N2O6S/c1-5-35-24(32)20-12(2)28-25-29(21(20)13-6-7-17(33-3)18(9-13)34-4)23(31)19(36-25)10-14-8-15(26)11-16(27)22(14)30/h6-11,21,30H,5H2,1-4H3. The number of hydrogen-bond acceptors (Lipinski definition) is 8. The summed E-state index contributed by atoms with van der Waals surface area (Å²) in [6.45, 7) is 3.56. The van der Waals surface area contributed by atoms with E-state index < -0.39 is 17.6 Å². The maximum Gasteiger partial charge on any atom is 0.338 e. The molecule has 4 rings (SSSR count). The number of halogens is 2. The average molecular weight is 549 g/mol. The highest BCUT2D eigenvalue weighted by Gasteiger charge is 2.34. The molecule has 1 unspecified atom stereocenters. The second kappa shape index (κ2) is 10.4. The van der Waals surface area contributed by atoms with E-state index in [0.717, 1.165) is 11.3 Å². The Morgan fingerprint density at radius 1 is 1.19 bits per heavy atom. The zero-order chi connectivity index (χ0) is 26.1. The molecule has 0 radical (unpaired) electrons. The number of fused-ring (bicyclic) bond motifs is 1. The summed E-state index contributed by atoms with van der Waals surface area (Å²) in [5.41, 5.74) is 1.13. The van der Waals surface area contributed by atoms with Gasteiger partial charge >= 0.3 is 5.97 Å². The van der Waals surface area contributed by atoms with Gasteiger partial charge in [0.25, 0.3) is 5.56 Å². The summed E-state index contributed by atoms with van der Waals surface area (Å²) in [6, 6.07) is 7.24. The molecular formula is C25H22Cl2N2O6S. The van der Waals surface area contributed by atoms with Gasteiger partial charge in [0.1, 0.15) is 5.75 Å². The van der Waals surface area contributed by atoms with Crippen molar-refractivity contribution in [3.63, 3.8) is 0 Å². The Morgan fingerprint density at radius 2 is 1.92 bits per heavy atom. The summed E-state index contributed by atoms with van der Waals surface area (Å²) >= 11 is 13.3. The van der Waals surface area contributed by atoms with E-state index in [4.69, 9.17) is 37.4 Å². The normalized spacial score (nSPS) is 15.4. The van der Waals surface area contributed by atoms with Crippen LogP contribution >= 0.6 is 34.5 Å².